The Morgan fingerprint density at radius 3 is 2.50 bits per heavy atom. The van der Waals surface area contributed by atoms with Crippen molar-refractivity contribution in [3.63, 3.8) is 0 Å². The minimum atomic E-state index is 0.0160. The molecule has 6 heteroatoms. The van der Waals surface area contributed by atoms with Crippen molar-refractivity contribution in [2.75, 3.05) is 5.32 Å². The number of rotatable bonds is 5. The van der Waals surface area contributed by atoms with E-state index in [0.717, 1.165) is 16.9 Å². The summed E-state index contributed by atoms with van der Waals surface area (Å²) in [5.74, 6) is 0.0160. The summed E-state index contributed by atoms with van der Waals surface area (Å²) in [7, 11) is 0. The molecule has 0 aliphatic carbocycles. The lowest BCUT2D eigenvalue weighted by Crippen LogP contribution is -1.94. The highest BCUT2D eigenvalue weighted by Gasteiger charge is 2.09. The molecule has 1 heterocycles. The SMILES string of the molecule is CC(=O)c1ccc(N/C=C(\C#N)c2nc(-c3ccc(Cl)cc3)cs2)cc1. The molecule has 0 fully saturated rings. The number of carbonyl (C=O) groups is 1. The number of halogens is 1. The van der Waals surface area contributed by atoms with Crippen molar-refractivity contribution in [1.29, 1.82) is 5.26 Å². The number of carbonyl (C=O) groups excluding carboxylic acids is 1. The topological polar surface area (TPSA) is 65.8 Å². The average Bonchev–Trinajstić information content (AvgIpc) is 3.13. The molecule has 128 valence electrons. The monoisotopic (exact) mass is 379 g/mol. The van der Waals surface area contributed by atoms with Crippen molar-refractivity contribution in [1.82, 2.24) is 4.98 Å². The molecule has 0 saturated carbocycles. The van der Waals surface area contributed by atoms with Crippen molar-refractivity contribution in [2.45, 2.75) is 6.92 Å². The quantitative estimate of drug-likeness (QED) is 0.460. The van der Waals surface area contributed by atoms with Crippen LogP contribution in [0.1, 0.15) is 22.3 Å². The fraction of sp³-hybridized carbons (Fsp3) is 0.0500. The summed E-state index contributed by atoms with van der Waals surface area (Å²) >= 11 is 7.31. The van der Waals surface area contributed by atoms with Gasteiger partial charge in [0.25, 0.3) is 0 Å². The van der Waals surface area contributed by atoms with Gasteiger partial charge in [0.05, 0.1) is 5.69 Å². The van der Waals surface area contributed by atoms with Crippen molar-refractivity contribution in [2.24, 2.45) is 0 Å². The molecule has 26 heavy (non-hydrogen) atoms. The highest BCUT2D eigenvalue weighted by Crippen LogP contribution is 2.27. The van der Waals surface area contributed by atoms with Crippen LogP contribution in [0.5, 0.6) is 0 Å². The molecule has 0 amide bonds. The van der Waals surface area contributed by atoms with Crippen LogP contribution in [0.2, 0.25) is 5.02 Å². The number of benzene rings is 2. The van der Waals surface area contributed by atoms with Crippen molar-refractivity contribution in [3.8, 4) is 17.3 Å². The smallest absolute Gasteiger partial charge is 0.159 e. The Labute approximate surface area is 160 Å². The molecular formula is C20H14ClN3OS. The zero-order chi connectivity index (χ0) is 18.5. The van der Waals surface area contributed by atoms with Gasteiger partial charge >= 0.3 is 0 Å². The Hall–Kier alpha value is -2.94. The number of hydrogen-bond acceptors (Lipinski definition) is 5. The zero-order valence-electron chi connectivity index (χ0n) is 13.9. The molecule has 1 aromatic heterocycles. The molecule has 3 aromatic rings. The second-order valence-electron chi connectivity index (χ2n) is 5.49. The van der Waals surface area contributed by atoms with Crippen LogP contribution < -0.4 is 5.32 Å². The molecule has 0 atom stereocenters. The predicted molar refractivity (Wildman–Crippen MR) is 106 cm³/mol. The third-order valence-electron chi connectivity index (χ3n) is 3.67. The second kappa shape index (κ2) is 7.96. The number of thiazole rings is 1. The molecule has 0 saturated heterocycles. The van der Waals surface area contributed by atoms with Crippen LogP contribution in [0.4, 0.5) is 5.69 Å². The van der Waals surface area contributed by atoms with Crippen molar-refractivity contribution < 1.29 is 4.79 Å². The summed E-state index contributed by atoms with van der Waals surface area (Å²) in [5, 5.41) is 15.7. The lowest BCUT2D eigenvalue weighted by molar-refractivity contribution is 0.101. The number of ketones is 1. The normalized spacial score (nSPS) is 11.0. The highest BCUT2D eigenvalue weighted by molar-refractivity contribution is 7.11. The molecule has 4 nitrogen and oxygen atoms in total. The Balaban J connectivity index is 1.78. The van der Waals surface area contributed by atoms with E-state index in [-0.39, 0.29) is 5.78 Å². The summed E-state index contributed by atoms with van der Waals surface area (Å²) in [5.41, 5.74) is 3.62. The first kappa shape index (κ1) is 17.9. The summed E-state index contributed by atoms with van der Waals surface area (Å²) < 4.78 is 0. The average molecular weight is 380 g/mol. The highest BCUT2D eigenvalue weighted by atomic mass is 35.5. The Kier molecular flexibility index (Phi) is 5.47. The fourth-order valence-corrected chi connectivity index (χ4v) is 3.17. The molecule has 2 aromatic carbocycles. The largest absolute Gasteiger partial charge is 0.360 e. The molecular weight excluding hydrogens is 366 g/mol. The van der Waals surface area contributed by atoms with Gasteiger partial charge in [-0.1, -0.05) is 23.7 Å². The fourth-order valence-electron chi connectivity index (χ4n) is 2.25. The number of aromatic nitrogens is 1. The molecule has 1 N–H and O–H groups in total. The summed E-state index contributed by atoms with van der Waals surface area (Å²) in [4.78, 5) is 15.8. The van der Waals surface area contributed by atoms with Gasteiger partial charge in [0, 0.05) is 33.4 Å². The maximum Gasteiger partial charge on any atom is 0.159 e. The molecule has 0 unspecified atom stereocenters. The molecule has 0 spiro atoms. The predicted octanol–water partition coefficient (Wildman–Crippen LogP) is 5.64. The van der Waals surface area contributed by atoms with E-state index >= 15 is 0 Å². The van der Waals surface area contributed by atoms with E-state index < -0.39 is 0 Å². The summed E-state index contributed by atoms with van der Waals surface area (Å²) in [6.07, 6.45) is 1.62. The van der Waals surface area contributed by atoms with Gasteiger partial charge in [-0.2, -0.15) is 5.26 Å². The molecule has 3 rings (SSSR count). The summed E-state index contributed by atoms with van der Waals surface area (Å²) in [6.45, 7) is 1.52. The van der Waals surface area contributed by atoms with Gasteiger partial charge in [0.1, 0.15) is 16.6 Å². The van der Waals surface area contributed by atoms with E-state index in [1.807, 2.05) is 29.6 Å². The van der Waals surface area contributed by atoms with Crippen LogP contribution in [0.3, 0.4) is 0 Å². The van der Waals surface area contributed by atoms with Crippen LogP contribution in [-0.4, -0.2) is 10.8 Å². The molecule has 0 bridgehead atoms. The standard InChI is InChI=1S/C20H14ClN3OS/c1-13(25)14-4-8-18(9-5-14)23-11-16(10-22)20-24-19(12-26-20)15-2-6-17(21)7-3-15/h2-9,11-12,23H,1H3/b16-11+. The van der Waals surface area contributed by atoms with E-state index in [1.165, 1.54) is 18.3 Å². The van der Waals surface area contributed by atoms with Crippen LogP contribution in [0, 0.1) is 11.3 Å². The number of hydrogen-bond donors (Lipinski definition) is 1. The van der Waals surface area contributed by atoms with E-state index in [4.69, 9.17) is 11.6 Å². The second-order valence-corrected chi connectivity index (χ2v) is 6.79. The number of anilines is 1. The zero-order valence-corrected chi connectivity index (χ0v) is 15.4. The van der Waals surface area contributed by atoms with E-state index in [0.29, 0.717) is 21.2 Å². The van der Waals surface area contributed by atoms with Gasteiger partial charge in [0.15, 0.2) is 5.78 Å². The van der Waals surface area contributed by atoms with Gasteiger partial charge in [0.2, 0.25) is 0 Å². The van der Waals surface area contributed by atoms with E-state index in [1.54, 1.807) is 30.5 Å². The van der Waals surface area contributed by atoms with Crippen molar-refractivity contribution >= 4 is 40.0 Å². The third-order valence-corrected chi connectivity index (χ3v) is 4.80. The first-order chi connectivity index (χ1) is 12.6. The maximum absolute atomic E-state index is 11.3. The Morgan fingerprint density at radius 1 is 1.19 bits per heavy atom. The third kappa shape index (κ3) is 4.17. The van der Waals surface area contributed by atoms with Crippen LogP contribution in [0.15, 0.2) is 60.1 Å². The minimum absolute atomic E-state index is 0.0160. The number of nitrogens with zero attached hydrogens (tertiary/aromatic N) is 2. The van der Waals surface area contributed by atoms with Crippen LogP contribution in [-0.2, 0) is 0 Å². The molecule has 0 aliphatic heterocycles. The van der Waals surface area contributed by atoms with E-state index in [9.17, 15) is 10.1 Å². The number of nitrogens with one attached hydrogen (secondary N) is 1. The Morgan fingerprint density at radius 2 is 1.88 bits per heavy atom. The van der Waals surface area contributed by atoms with Gasteiger partial charge < -0.3 is 5.32 Å². The molecule has 0 aliphatic rings. The van der Waals surface area contributed by atoms with Gasteiger partial charge in [-0.3, -0.25) is 4.79 Å². The van der Waals surface area contributed by atoms with E-state index in [2.05, 4.69) is 16.4 Å². The molecule has 0 radical (unpaired) electrons. The van der Waals surface area contributed by atoms with Crippen LogP contribution in [0.25, 0.3) is 16.8 Å². The van der Waals surface area contributed by atoms with Crippen molar-refractivity contribution in [3.05, 3.63) is 75.7 Å². The minimum Gasteiger partial charge on any atom is -0.360 e. The Bertz CT molecular complexity index is 999. The maximum atomic E-state index is 11.3. The number of nitriles is 1. The lowest BCUT2D eigenvalue weighted by Gasteiger charge is -2.02. The van der Waals surface area contributed by atoms with Gasteiger partial charge in [-0.15, -0.1) is 11.3 Å². The summed E-state index contributed by atoms with van der Waals surface area (Å²) in [6, 6.07) is 16.6. The lowest BCUT2D eigenvalue weighted by atomic mass is 10.1. The first-order valence-electron chi connectivity index (χ1n) is 7.76. The number of Topliss-reactive ketones (excluding diaryl/α,β-unsaturated/α-hetero) is 1. The first-order valence-corrected chi connectivity index (χ1v) is 9.02. The van der Waals surface area contributed by atoms with Crippen LogP contribution >= 0.6 is 22.9 Å². The van der Waals surface area contributed by atoms with Gasteiger partial charge in [-0.05, 0) is 43.3 Å². The number of allylic oxidation sites excluding steroid dienone is 1. The van der Waals surface area contributed by atoms with Gasteiger partial charge in [-0.25, -0.2) is 4.98 Å².